The van der Waals surface area contributed by atoms with Crippen molar-refractivity contribution in [1.82, 2.24) is 15.2 Å². The summed E-state index contributed by atoms with van der Waals surface area (Å²) in [5, 5.41) is 14.2. The summed E-state index contributed by atoms with van der Waals surface area (Å²) in [6.07, 6.45) is 4.12. The molecular weight excluding hydrogens is 318 g/mol. The summed E-state index contributed by atoms with van der Waals surface area (Å²) in [4.78, 5) is 6.68. The number of rotatable bonds is 4. The van der Waals surface area contributed by atoms with Crippen LogP contribution in [-0.4, -0.2) is 34.3 Å². The van der Waals surface area contributed by atoms with Gasteiger partial charge < -0.3 is 10.2 Å². The maximum atomic E-state index is 4.38. The molecule has 0 aliphatic carbocycles. The average Bonchev–Trinajstić information content (AvgIpc) is 3.14. The van der Waals surface area contributed by atoms with Crippen molar-refractivity contribution >= 4 is 22.2 Å². The van der Waals surface area contributed by atoms with Crippen LogP contribution < -0.4 is 10.2 Å². The number of nitrogens with zero attached hydrogens (tertiary/aromatic N) is 4. The van der Waals surface area contributed by atoms with Gasteiger partial charge >= 0.3 is 0 Å². The Morgan fingerprint density at radius 3 is 2.75 bits per heavy atom. The highest BCUT2D eigenvalue weighted by atomic mass is 32.1. The van der Waals surface area contributed by atoms with Crippen molar-refractivity contribution in [2.45, 2.75) is 18.9 Å². The van der Waals surface area contributed by atoms with E-state index in [-0.39, 0.29) is 0 Å². The third-order valence-corrected chi connectivity index (χ3v) is 5.14. The fourth-order valence-corrected chi connectivity index (χ4v) is 3.83. The van der Waals surface area contributed by atoms with E-state index in [4.69, 9.17) is 0 Å². The molecule has 0 saturated carbocycles. The van der Waals surface area contributed by atoms with E-state index in [0.717, 1.165) is 35.3 Å². The molecule has 0 bridgehead atoms. The van der Waals surface area contributed by atoms with E-state index in [0.29, 0.717) is 6.04 Å². The lowest BCUT2D eigenvalue weighted by Gasteiger charge is -2.33. The summed E-state index contributed by atoms with van der Waals surface area (Å²) in [5.74, 6) is 0. The number of hydrogen-bond donors (Lipinski definition) is 1. The second-order valence-corrected chi connectivity index (χ2v) is 6.86. The third kappa shape index (κ3) is 3.38. The van der Waals surface area contributed by atoms with E-state index in [1.165, 1.54) is 12.1 Å². The van der Waals surface area contributed by atoms with E-state index in [2.05, 4.69) is 49.7 Å². The molecule has 1 aliphatic heterocycles. The Balaban J connectivity index is 1.45. The molecule has 0 amide bonds. The van der Waals surface area contributed by atoms with Gasteiger partial charge in [-0.15, -0.1) is 10.2 Å². The van der Waals surface area contributed by atoms with Crippen molar-refractivity contribution in [3.8, 4) is 10.7 Å². The predicted octanol–water partition coefficient (Wildman–Crippen LogP) is 3.68. The van der Waals surface area contributed by atoms with Crippen LogP contribution in [-0.2, 0) is 0 Å². The second-order valence-electron chi connectivity index (χ2n) is 5.90. The first-order valence-corrected chi connectivity index (χ1v) is 9.01. The summed E-state index contributed by atoms with van der Waals surface area (Å²) in [6, 6.07) is 16.7. The Morgan fingerprint density at radius 1 is 1.04 bits per heavy atom. The van der Waals surface area contributed by atoms with Gasteiger partial charge in [0.1, 0.15) is 5.69 Å². The monoisotopic (exact) mass is 337 g/mol. The second kappa shape index (κ2) is 6.97. The van der Waals surface area contributed by atoms with E-state index < -0.39 is 0 Å². The van der Waals surface area contributed by atoms with E-state index >= 15 is 0 Å². The highest BCUT2D eigenvalue weighted by molar-refractivity contribution is 7.18. The van der Waals surface area contributed by atoms with E-state index in [1.807, 2.05) is 24.3 Å². The zero-order valence-corrected chi connectivity index (χ0v) is 14.1. The van der Waals surface area contributed by atoms with Crippen LogP contribution in [0.15, 0.2) is 54.7 Å². The van der Waals surface area contributed by atoms with Crippen LogP contribution in [0.25, 0.3) is 10.7 Å². The first-order chi connectivity index (χ1) is 11.9. The molecule has 0 radical (unpaired) electrons. The first kappa shape index (κ1) is 15.1. The van der Waals surface area contributed by atoms with Crippen LogP contribution in [0.5, 0.6) is 0 Å². The van der Waals surface area contributed by atoms with Crippen LogP contribution in [0.4, 0.5) is 10.8 Å². The summed E-state index contributed by atoms with van der Waals surface area (Å²) < 4.78 is 0. The normalized spacial score (nSPS) is 17.7. The number of benzene rings is 1. The Bertz CT molecular complexity index is 774. The molecule has 6 heteroatoms. The molecule has 1 aliphatic rings. The van der Waals surface area contributed by atoms with Crippen LogP contribution >= 0.6 is 11.3 Å². The van der Waals surface area contributed by atoms with E-state index in [9.17, 15) is 0 Å². The van der Waals surface area contributed by atoms with Crippen molar-refractivity contribution in [2.24, 2.45) is 0 Å². The number of piperidine rings is 1. The molecule has 5 nitrogen and oxygen atoms in total. The van der Waals surface area contributed by atoms with Gasteiger partial charge in [0.15, 0.2) is 5.01 Å². The molecule has 1 atom stereocenters. The van der Waals surface area contributed by atoms with Crippen molar-refractivity contribution in [1.29, 1.82) is 0 Å². The van der Waals surface area contributed by atoms with Crippen LogP contribution in [0.3, 0.4) is 0 Å². The molecule has 1 N–H and O–H groups in total. The van der Waals surface area contributed by atoms with Gasteiger partial charge in [0.2, 0.25) is 5.13 Å². The Labute approximate surface area is 145 Å². The summed E-state index contributed by atoms with van der Waals surface area (Å²) >= 11 is 1.61. The number of pyridine rings is 1. The molecule has 0 spiro atoms. The molecule has 1 unspecified atom stereocenters. The number of para-hydroxylation sites is 1. The maximum Gasteiger partial charge on any atom is 0.208 e. The summed E-state index contributed by atoms with van der Waals surface area (Å²) in [5.41, 5.74) is 2.06. The largest absolute Gasteiger partial charge is 0.381 e. The van der Waals surface area contributed by atoms with Crippen LogP contribution in [0.2, 0.25) is 0 Å². The average molecular weight is 337 g/mol. The van der Waals surface area contributed by atoms with Gasteiger partial charge in [0, 0.05) is 31.0 Å². The minimum absolute atomic E-state index is 0.434. The highest BCUT2D eigenvalue weighted by Crippen LogP contribution is 2.29. The number of hydrogen-bond acceptors (Lipinski definition) is 6. The lowest BCUT2D eigenvalue weighted by atomic mass is 10.1. The molecule has 3 aromatic rings. The molecule has 4 rings (SSSR count). The highest BCUT2D eigenvalue weighted by Gasteiger charge is 2.23. The summed E-state index contributed by atoms with van der Waals surface area (Å²) in [6.45, 7) is 1.98. The number of nitrogens with one attached hydrogen (secondary N) is 1. The lowest BCUT2D eigenvalue weighted by Crippen LogP contribution is -2.42. The molecular formula is C18H19N5S. The molecule has 24 heavy (non-hydrogen) atoms. The minimum Gasteiger partial charge on any atom is -0.381 e. The molecule has 1 aromatic carbocycles. The predicted molar refractivity (Wildman–Crippen MR) is 98.4 cm³/mol. The Hall–Kier alpha value is -2.47. The zero-order valence-electron chi connectivity index (χ0n) is 13.3. The van der Waals surface area contributed by atoms with Gasteiger partial charge in [-0.05, 0) is 37.1 Å². The minimum atomic E-state index is 0.434. The van der Waals surface area contributed by atoms with Crippen molar-refractivity contribution in [3.63, 3.8) is 0 Å². The van der Waals surface area contributed by atoms with Crippen molar-refractivity contribution < 1.29 is 0 Å². The van der Waals surface area contributed by atoms with Crippen LogP contribution in [0, 0.1) is 0 Å². The molecule has 2 aromatic heterocycles. The molecule has 122 valence electrons. The fourth-order valence-electron chi connectivity index (χ4n) is 2.97. The Morgan fingerprint density at radius 2 is 1.92 bits per heavy atom. The molecule has 1 saturated heterocycles. The number of anilines is 2. The van der Waals surface area contributed by atoms with Gasteiger partial charge in [-0.2, -0.15) is 0 Å². The van der Waals surface area contributed by atoms with Crippen molar-refractivity contribution in [2.75, 3.05) is 23.3 Å². The SMILES string of the molecule is c1ccc(NC2CCCN(c3nnc(-c4ccccn4)s3)C2)cc1. The van der Waals surface area contributed by atoms with Gasteiger partial charge in [-0.1, -0.05) is 35.6 Å². The standard InChI is InChI=1S/C18H19N5S/c1-2-7-14(8-3-1)20-15-9-6-12-23(13-15)18-22-21-17(24-18)16-10-4-5-11-19-16/h1-5,7-8,10-11,15,20H,6,9,12-13H2. The molecule has 1 fully saturated rings. The third-order valence-electron chi connectivity index (χ3n) is 4.13. The van der Waals surface area contributed by atoms with E-state index in [1.54, 1.807) is 17.5 Å². The lowest BCUT2D eigenvalue weighted by molar-refractivity contribution is 0.528. The summed E-state index contributed by atoms with van der Waals surface area (Å²) in [7, 11) is 0. The smallest absolute Gasteiger partial charge is 0.208 e. The van der Waals surface area contributed by atoms with Gasteiger partial charge in [-0.3, -0.25) is 4.98 Å². The van der Waals surface area contributed by atoms with Gasteiger partial charge in [0.05, 0.1) is 0 Å². The molecule has 3 heterocycles. The van der Waals surface area contributed by atoms with Crippen LogP contribution in [0.1, 0.15) is 12.8 Å². The number of aromatic nitrogens is 3. The Kier molecular flexibility index (Phi) is 4.38. The fraction of sp³-hybridized carbons (Fsp3) is 0.278. The van der Waals surface area contributed by atoms with Crippen molar-refractivity contribution in [3.05, 3.63) is 54.7 Å². The van der Waals surface area contributed by atoms with Gasteiger partial charge in [0.25, 0.3) is 0 Å². The first-order valence-electron chi connectivity index (χ1n) is 8.20. The topological polar surface area (TPSA) is 53.9 Å². The quantitative estimate of drug-likeness (QED) is 0.787. The van der Waals surface area contributed by atoms with Gasteiger partial charge in [-0.25, -0.2) is 0 Å². The zero-order chi connectivity index (χ0) is 16.2. The maximum absolute atomic E-state index is 4.38.